The van der Waals surface area contributed by atoms with Crippen LogP contribution in [0.3, 0.4) is 0 Å². The van der Waals surface area contributed by atoms with E-state index in [-0.39, 0.29) is 17.4 Å². The molecule has 7 heteroatoms. The van der Waals surface area contributed by atoms with Gasteiger partial charge in [0, 0.05) is 26.0 Å². The molecule has 1 aromatic carbocycles. The van der Waals surface area contributed by atoms with Crippen molar-refractivity contribution in [3.63, 3.8) is 0 Å². The molecule has 0 spiro atoms. The fourth-order valence-corrected chi connectivity index (χ4v) is 2.02. The number of nitrogens with two attached hydrogens (primary N) is 1. The number of aromatic nitrogens is 2. The zero-order chi connectivity index (χ0) is 16.8. The van der Waals surface area contributed by atoms with Crippen molar-refractivity contribution in [3.05, 3.63) is 54.0 Å². The van der Waals surface area contributed by atoms with Crippen LogP contribution in [0.2, 0.25) is 0 Å². The van der Waals surface area contributed by atoms with Crippen molar-refractivity contribution < 1.29 is 14.3 Å². The number of nitrogen functional groups attached to an aromatic ring is 1. The number of carbonyl (C=O) groups excluding carboxylic acids is 2. The topological polar surface area (TPSA) is 98.4 Å². The van der Waals surface area contributed by atoms with Crippen molar-refractivity contribution in [1.29, 1.82) is 0 Å². The van der Waals surface area contributed by atoms with Crippen LogP contribution >= 0.6 is 0 Å². The van der Waals surface area contributed by atoms with Gasteiger partial charge in [-0.05, 0) is 12.5 Å². The van der Waals surface area contributed by atoms with Crippen LogP contribution in [0.5, 0.6) is 0 Å². The van der Waals surface area contributed by atoms with Gasteiger partial charge in [-0.3, -0.25) is 4.79 Å². The first kappa shape index (κ1) is 16.4. The number of likely N-dealkylation sites (N-methyl/N-ethyl adjacent to an activating group) is 1. The minimum Gasteiger partial charge on any atom is -0.448 e. The monoisotopic (exact) mass is 314 g/mol. The molecule has 120 valence electrons. The summed E-state index contributed by atoms with van der Waals surface area (Å²) in [4.78, 5) is 33.3. The molecule has 2 N–H and O–H groups in total. The standard InChI is InChI=1S/C16H18N4O3/c1-11(23-16(22)13-14(17)19-9-8-18-13)15(21)20(2)10-12-6-4-3-5-7-12/h3-9,11H,10H2,1-2H3,(H2,17,19). The van der Waals surface area contributed by atoms with Crippen LogP contribution in [0.25, 0.3) is 0 Å². The molecule has 2 rings (SSSR count). The summed E-state index contributed by atoms with van der Waals surface area (Å²) in [5.74, 6) is -1.12. The number of amides is 1. The number of ether oxygens (including phenoxy) is 1. The summed E-state index contributed by atoms with van der Waals surface area (Å²) >= 11 is 0. The summed E-state index contributed by atoms with van der Waals surface area (Å²) in [6.45, 7) is 1.93. The van der Waals surface area contributed by atoms with Gasteiger partial charge in [0.1, 0.15) is 0 Å². The largest absolute Gasteiger partial charge is 0.448 e. The van der Waals surface area contributed by atoms with Gasteiger partial charge in [0.05, 0.1) is 0 Å². The van der Waals surface area contributed by atoms with Crippen LogP contribution in [0.1, 0.15) is 23.0 Å². The van der Waals surface area contributed by atoms with Gasteiger partial charge < -0.3 is 15.4 Å². The summed E-state index contributed by atoms with van der Waals surface area (Å²) in [5.41, 5.74) is 6.45. The zero-order valence-electron chi connectivity index (χ0n) is 13.0. The number of nitrogens with zero attached hydrogens (tertiary/aromatic N) is 3. The molecule has 1 amide bonds. The number of esters is 1. The Labute approximate surface area is 134 Å². The first-order valence-electron chi connectivity index (χ1n) is 7.05. The van der Waals surface area contributed by atoms with E-state index >= 15 is 0 Å². The fraction of sp³-hybridized carbons (Fsp3) is 0.250. The van der Waals surface area contributed by atoms with Gasteiger partial charge >= 0.3 is 5.97 Å². The lowest BCUT2D eigenvalue weighted by atomic mass is 10.2. The molecule has 2 aromatic rings. The van der Waals surface area contributed by atoms with E-state index < -0.39 is 12.1 Å². The lowest BCUT2D eigenvalue weighted by Crippen LogP contribution is -2.37. The highest BCUT2D eigenvalue weighted by molar-refractivity contribution is 5.93. The molecule has 0 saturated carbocycles. The Morgan fingerprint density at radius 2 is 1.87 bits per heavy atom. The smallest absolute Gasteiger partial charge is 0.361 e. The third-order valence-corrected chi connectivity index (χ3v) is 3.19. The molecule has 1 unspecified atom stereocenters. The van der Waals surface area contributed by atoms with Gasteiger partial charge in [-0.25, -0.2) is 14.8 Å². The number of rotatable bonds is 5. The lowest BCUT2D eigenvalue weighted by Gasteiger charge is -2.21. The van der Waals surface area contributed by atoms with E-state index in [1.165, 1.54) is 24.2 Å². The highest BCUT2D eigenvalue weighted by Gasteiger charge is 2.24. The Morgan fingerprint density at radius 3 is 2.52 bits per heavy atom. The van der Waals surface area contributed by atoms with Gasteiger partial charge in [0.25, 0.3) is 5.91 Å². The predicted octanol–water partition coefficient (Wildman–Crippen LogP) is 1.26. The van der Waals surface area contributed by atoms with E-state index in [9.17, 15) is 9.59 Å². The molecule has 1 aromatic heterocycles. The normalized spacial score (nSPS) is 11.6. The van der Waals surface area contributed by atoms with E-state index in [4.69, 9.17) is 10.5 Å². The molecule has 1 heterocycles. The van der Waals surface area contributed by atoms with E-state index in [0.29, 0.717) is 6.54 Å². The minimum absolute atomic E-state index is 0.0326. The summed E-state index contributed by atoms with van der Waals surface area (Å²) in [5, 5.41) is 0. The fourth-order valence-electron chi connectivity index (χ4n) is 2.02. The number of carbonyl (C=O) groups is 2. The number of hydrogen-bond donors (Lipinski definition) is 1. The molecule has 0 radical (unpaired) electrons. The van der Waals surface area contributed by atoms with Crippen LogP contribution < -0.4 is 5.73 Å². The van der Waals surface area contributed by atoms with E-state index in [2.05, 4.69) is 9.97 Å². The van der Waals surface area contributed by atoms with Crippen LogP contribution in [-0.2, 0) is 16.1 Å². The number of benzene rings is 1. The van der Waals surface area contributed by atoms with E-state index in [1.807, 2.05) is 30.3 Å². The Balaban J connectivity index is 1.97. The van der Waals surface area contributed by atoms with E-state index in [1.54, 1.807) is 7.05 Å². The molecule has 0 aliphatic heterocycles. The first-order chi connectivity index (χ1) is 11.0. The maximum absolute atomic E-state index is 12.3. The van der Waals surface area contributed by atoms with Crippen LogP contribution in [-0.4, -0.2) is 39.9 Å². The third-order valence-electron chi connectivity index (χ3n) is 3.19. The highest BCUT2D eigenvalue weighted by Crippen LogP contribution is 2.10. The molecule has 0 fully saturated rings. The van der Waals surface area contributed by atoms with Gasteiger partial charge in [0.2, 0.25) is 0 Å². The number of hydrogen-bond acceptors (Lipinski definition) is 6. The lowest BCUT2D eigenvalue weighted by molar-refractivity contribution is -0.139. The van der Waals surface area contributed by atoms with Gasteiger partial charge in [0.15, 0.2) is 17.6 Å². The second kappa shape index (κ2) is 7.35. The van der Waals surface area contributed by atoms with Crippen LogP contribution in [0, 0.1) is 0 Å². The molecule has 0 bridgehead atoms. The Kier molecular flexibility index (Phi) is 5.24. The molecule has 1 atom stereocenters. The quantitative estimate of drug-likeness (QED) is 0.834. The SMILES string of the molecule is CC(OC(=O)c1nccnc1N)C(=O)N(C)Cc1ccccc1. The second-order valence-corrected chi connectivity index (χ2v) is 5.02. The third kappa shape index (κ3) is 4.26. The van der Waals surface area contributed by atoms with Gasteiger partial charge in [-0.2, -0.15) is 0 Å². The van der Waals surface area contributed by atoms with Crippen molar-refractivity contribution in [2.75, 3.05) is 12.8 Å². The van der Waals surface area contributed by atoms with E-state index in [0.717, 1.165) is 5.56 Å². The van der Waals surface area contributed by atoms with Crippen LogP contribution in [0.4, 0.5) is 5.82 Å². The predicted molar refractivity (Wildman–Crippen MR) is 84.2 cm³/mol. The Bertz CT molecular complexity index is 691. The first-order valence-corrected chi connectivity index (χ1v) is 7.05. The van der Waals surface area contributed by atoms with Crippen molar-refractivity contribution >= 4 is 17.7 Å². The summed E-state index contributed by atoms with van der Waals surface area (Å²) in [6, 6.07) is 9.53. The molecular formula is C16H18N4O3. The Hall–Kier alpha value is -2.96. The van der Waals surface area contributed by atoms with Crippen molar-refractivity contribution in [3.8, 4) is 0 Å². The van der Waals surface area contributed by atoms with Crippen molar-refractivity contribution in [1.82, 2.24) is 14.9 Å². The average Bonchev–Trinajstić information content (AvgIpc) is 2.55. The maximum Gasteiger partial charge on any atom is 0.361 e. The maximum atomic E-state index is 12.3. The molecule has 0 aliphatic rings. The highest BCUT2D eigenvalue weighted by atomic mass is 16.5. The minimum atomic E-state index is -0.947. The molecular weight excluding hydrogens is 296 g/mol. The number of anilines is 1. The molecule has 0 aliphatic carbocycles. The molecule has 7 nitrogen and oxygen atoms in total. The zero-order valence-corrected chi connectivity index (χ0v) is 13.0. The molecule has 0 saturated heterocycles. The van der Waals surface area contributed by atoms with Crippen molar-refractivity contribution in [2.24, 2.45) is 0 Å². The second-order valence-electron chi connectivity index (χ2n) is 5.02. The van der Waals surface area contributed by atoms with Gasteiger partial charge in [-0.15, -0.1) is 0 Å². The van der Waals surface area contributed by atoms with Crippen LogP contribution in [0.15, 0.2) is 42.7 Å². The Morgan fingerprint density at radius 1 is 1.22 bits per heavy atom. The van der Waals surface area contributed by atoms with Crippen molar-refractivity contribution in [2.45, 2.75) is 19.6 Å². The summed E-state index contributed by atoms with van der Waals surface area (Å²) < 4.78 is 5.13. The van der Waals surface area contributed by atoms with Gasteiger partial charge in [-0.1, -0.05) is 30.3 Å². The average molecular weight is 314 g/mol. The molecule has 23 heavy (non-hydrogen) atoms. The summed E-state index contributed by atoms with van der Waals surface area (Å²) in [6.07, 6.45) is 1.76. The summed E-state index contributed by atoms with van der Waals surface area (Å²) in [7, 11) is 1.65.